The Hall–Kier alpha value is -2.07. The lowest BCUT2D eigenvalue weighted by atomic mass is 10.0. The molecule has 2 bridgehead atoms. The quantitative estimate of drug-likeness (QED) is 0.848. The highest BCUT2D eigenvalue weighted by atomic mass is 32.2. The van der Waals surface area contributed by atoms with Crippen LogP contribution < -0.4 is 4.74 Å². The van der Waals surface area contributed by atoms with Crippen molar-refractivity contribution in [2.45, 2.75) is 29.8 Å². The molecule has 0 N–H and O–H groups in total. The predicted octanol–water partition coefficient (Wildman–Crippen LogP) is 4.21. The number of sulfone groups is 1. The van der Waals surface area contributed by atoms with Crippen molar-refractivity contribution in [2.75, 3.05) is 0 Å². The van der Waals surface area contributed by atoms with Crippen molar-refractivity contribution in [2.24, 2.45) is 0 Å². The van der Waals surface area contributed by atoms with Crippen molar-refractivity contribution < 1.29 is 13.2 Å². The lowest BCUT2D eigenvalue weighted by Gasteiger charge is -2.20. The molecule has 2 aliphatic rings. The summed E-state index contributed by atoms with van der Waals surface area (Å²) < 4.78 is 30.1. The predicted molar refractivity (Wildman–Crippen MR) is 91.3 cm³/mol. The number of hydrogen-bond donors (Lipinski definition) is 0. The first-order valence-corrected chi connectivity index (χ1v) is 9.50. The van der Waals surface area contributed by atoms with E-state index in [1.807, 2.05) is 60.7 Å². The monoisotopic (exact) mass is 326 g/mol. The number of rotatable bonds is 3. The van der Waals surface area contributed by atoms with Crippen LogP contribution in [0.25, 0.3) is 5.57 Å². The Morgan fingerprint density at radius 2 is 1.57 bits per heavy atom. The van der Waals surface area contributed by atoms with Crippen LogP contribution in [0.3, 0.4) is 0 Å². The van der Waals surface area contributed by atoms with Gasteiger partial charge in [0.2, 0.25) is 0 Å². The molecule has 0 radical (unpaired) electrons. The molecule has 0 saturated carbocycles. The van der Waals surface area contributed by atoms with E-state index in [4.69, 9.17) is 4.74 Å². The molecule has 2 aromatic carbocycles. The van der Waals surface area contributed by atoms with E-state index in [0.29, 0.717) is 6.42 Å². The molecule has 2 heterocycles. The van der Waals surface area contributed by atoms with Crippen LogP contribution in [0.2, 0.25) is 0 Å². The van der Waals surface area contributed by atoms with E-state index >= 15 is 0 Å². The molecule has 0 aliphatic carbocycles. The molecule has 2 aromatic rings. The van der Waals surface area contributed by atoms with Gasteiger partial charge in [0.15, 0.2) is 9.84 Å². The Bertz CT molecular complexity index is 836. The molecule has 2 atom stereocenters. The van der Waals surface area contributed by atoms with Gasteiger partial charge < -0.3 is 4.74 Å². The van der Waals surface area contributed by atoms with E-state index in [1.54, 1.807) is 0 Å². The topological polar surface area (TPSA) is 43.4 Å². The second kappa shape index (κ2) is 5.53. The maximum absolute atomic E-state index is 12.1. The average molecular weight is 326 g/mol. The first-order chi connectivity index (χ1) is 11.1. The third-order valence-electron chi connectivity index (χ3n) is 4.70. The van der Waals surface area contributed by atoms with E-state index in [-0.39, 0.29) is 10.5 Å². The second-order valence-electron chi connectivity index (χ2n) is 6.16. The summed E-state index contributed by atoms with van der Waals surface area (Å²) in [5, 5.41) is -0.468. The summed E-state index contributed by atoms with van der Waals surface area (Å²) in [6.07, 6.45) is 4.15. The molecule has 0 spiro atoms. The lowest BCUT2D eigenvalue weighted by Crippen LogP contribution is -2.26. The smallest absolute Gasteiger partial charge is 0.159 e. The van der Waals surface area contributed by atoms with Gasteiger partial charge in [-0.25, -0.2) is 8.42 Å². The number of para-hydroxylation sites is 1. The Morgan fingerprint density at radius 1 is 0.870 bits per heavy atom. The Balaban J connectivity index is 1.55. The van der Waals surface area contributed by atoms with Gasteiger partial charge in [0, 0.05) is 0 Å². The molecule has 1 saturated heterocycles. The third-order valence-corrected chi connectivity index (χ3v) is 7.25. The van der Waals surface area contributed by atoms with Gasteiger partial charge in [-0.2, -0.15) is 0 Å². The van der Waals surface area contributed by atoms with Crippen LogP contribution >= 0.6 is 0 Å². The summed E-state index contributed by atoms with van der Waals surface area (Å²) in [5.74, 6) is 1.59. The molecular formula is C19H18O3S. The van der Waals surface area contributed by atoms with Gasteiger partial charge in [-0.1, -0.05) is 36.4 Å². The van der Waals surface area contributed by atoms with Crippen molar-refractivity contribution >= 4 is 15.4 Å². The summed E-state index contributed by atoms with van der Waals surface area (Å²) in [6, 6.07) is 17.6. The average Bonchev–Trinajstić information content (AvgIpc) is 2.75. The molecule has 1 fully saturated rings. The fourth-order valence-corrected chi connectivity index (χ4v) is 5.63. The zero-order valence-electron chi connectivity index (χ0n) is 12.7. The van der Waals surface area contributed by atoms with Gasteiger partial charge in [-0.3, -0.25) is 0 Å². The SMILES string of the molecule is O=S1(=O)C2C=C(c3ccc(Oc4ccccc4)cc3)CC1CC2. The van der Waals surface area contributed by atoms with E-state index in [0.717, 1.165) is 35.5 Å². The van der Waals surface area contributed by atoms with E-state index in [9.17, 15) is 8.42 Å². The van der Waals surface area contributed by atoms with Crippen molar-refractivity contribution in [1.82, 2.24) is 0 Å². The maximum Gasteiger partial charge on any atom is 0.159 e. The lowest BCUT2D eigenvalue weighted by molar-refractivity contribution is 0.482. The van der Waals surface area contributed by atoms with Crippen LogP contribution in [0.15, 0.2) is 60.7 Å². The van der Waals surface area contributed by atoms with Gasteiger partial charge in [0.25, 0.3) is 0 Å². The van der Waals surface area contributed by atoms with Crippen LogP contribution in [0, 0.1) is 0 Å². The summed E-state index contributed by atoms with van der Waals surface area (Å²) >= 11 is 0. The molecule has 2 unspecified atom stereocenters. The van der Waals surface area contributed by atoms with Gasteiger partial charge in [0.1, 0.15) is 11.5 Å². The number of ether oxygens (including phenoxy) is 1. The van der Waals surface area contributed by atoms with Crippen LogP contribution in [-0.4, -0.2) is 18.9 Å². The van der Waals surface area contributed by atoms with Gasteiger partial charge in [0.05, 0.1) is 10.5 Å². The van der Waals surface area contributed by atoms with Gasteiger partial charge in [-0.15, -0.1) is 0 Å². The van der Waals surface area contributed by atoms with E-state index in [1.165, 1.54) is 0 Å². The highest BCUT2D eigenvalue weighted by molar-refractivity contribution is 7.93. The van der Waals surface area contributed by atoms with E-state index < -0.39 is 9.84 Å². The molecule has 23 heavy (non-hydrogen) atoms. The highest BCUT2D eigenvalue weighted by Gasteiger charge is 2.43. The first-order valence-electron chi connectivity index (χ1n) is 7.90. The largest absolute Gasteiger partial charge is 0.457 e. The fraction of sp³-hybridized carbons (Fsp3) is 0.263. The summed E-state index contributed by atoms with van der Waals surface area (Å²) in [7, 11) is -2.92. The molecule has 0 aromatic heterocycles. The molecule has 4 heteroatoms. The Labute approximate surface area is 136 Å². The van der Waals surface area contributed by atoms with Crippen molar-refractivity contribution in [1.29, 1.82) is 0 Å². The van der Waals surface area contributed by atoms with Gasteiger partial charge in [-0.05, 0) is 54.7 Å². The normalized spacial score (nSPS) is 25.0. The summed E-state index contributed by atoms with van der Waals surface area (Å²) in [5.41, 5.74) is 2.25. The van der Waals surface area contributed by atoms with Crippen LogP contribution in [-0.2, 0) is 9.84 Å². The number of benzene rings is 2. The van der Waals surface area contributed by atoms with Crippen molar-refractivity contribution in [3.05, 3.63) is 66.2 Å². The minimum absolute atomic E-state index is 0.187. The fourth-order valence-electron chi connectivity index (χ4n) is 3.44. The van der Waals surface area contributed by atoms with Crippen molar-refractivity contribution in [3.63, 3.8) is 0 Å². The third kappa shape index (κ3) is 2.68. The Kier molecular flexibility index (Phi) is 3.49. The molecule has 118 valence electrons. The zero-order valence-corrected chi connectivity index (χ0v) is 13.5. The van der Waals surface area contributed by atoms with Crippen molar-refractivity contribution in [3.8, 4) is 11.5 Å². The summed E-state index contributed by atoms with van der Waals surface area (Å²) in [4.78, 5) is 0. The molecule has 3 nitrogen and oxygen atoms in total. The van der Waals surface area contributed by atoms with Crippen LogP contribution in [0.1, 0.15) is 24.8 Å². The first kappa shape index (κ1) is 14.5. The number of allylic oxidation sites excluding steroid dienone is 1. The van der Waals surface area contributed by atoms with Gasteiger partial charge >= 0.3 is 0 Å². The molecule has 4 rings (SSSR count). The second-order valence-corrected chi connectivity index (χ2v) is 8.61. The van der Waals surface area contributed by atoms with E-state index in [2.05, 4.69) is 0 Å². The number of hydrogen-bond acceptors (Lipinski definition) is 3. The summed E-state index contributed by atoms with van der Waals surface area (Å²) in [6.45, 7) is 0. The Morgan fingerprint density at radius 3 is 2.26 bits per heavy atom. The van der Waals surface area contributed by atoms with Crippen LogP contribution in [0.5, 0.6) is 11.5 Å². The highest BCUT2D eigenvalue weighted by Crippen LogP contribution is 2.41. The van der Waals surface area contributed by atoms with Crippen LogP contribution in [0.4, 0.5) is 0 Å². The number of fused-ring (bicyclic) bond motifs is 2. The maximum atomic E-state index is 12.1. The molecular weight excluding hydrogens is 308 g/mol. The standard InChI is InChI=1S/C19H18O3S/c20-23(21)18-10-11-19(23)13-15(12-18)14-6-8-17(9-7-14)22-16-4-2-1-3-5-16/h1-9,12,18-19H,10-11,13H2. The minimum Gasteiger partial charge on any atom is -0.457 e. The zero-order chi connectivity index (χ0) is 15.9. The molecule has 0 amide bonds. The minimum atomic E-state index is -2.92. The molecule has 2 aliphatic heterocycles.